The molecule has 2 saturated heterocycles. The molecule has 2 fully saturated rings. The van der Waals surface area contributed by atoms with Gasteiger partial charge in [-0.1, -0.05) is 29.4 Å². The van der Waals surface area contributed by atoms with Gasteiger partial charge >= 0.3 is 0 Å². The zero-order valence-electron chi connectivity index (χ0n) is 19.7. The second-order valence-corrected chi connectivity index (χ2v) is 10.6. The SMILES string of the molecule is C[C@@H]1OCC2(CCN(c3cnc(Sc4cccc(NC(=O)c5ncccc5O)c4Cl)cn3)CC2)[C@@H]1N. The molecule has 1 amide bonds. The number of piperidine rings is 1. The molecule has 2 aliphatic heterocycles. The molecule has 2 aliphatic rings. The van der Waals surface area contributed by atoms with Crippen LogP contribution in [0.2, 0.25) is 5.02 Å². The lowest BCUT2D eigenvalue weighted by molar-refractivity contribution is 0.0974. The topological polar surface area (TPSA) is 126 Å². The van der Waals surface area contributed by atoms with E-state index in [2.05, 4.69) is 32.1 Å². The number of halogens is 1. The highest BCUT2D eigenvalue weighted by Crippen LogP contribution is 2.42. The number of nitrogens with zero attached hydrogens (tertiary/aromatic N) is 4. The number of pyridine rings is 1. The maximum absolute atomic E-state index is 12.5. The Balaban J connectivity index is 1.23. The highest BCUT2D eigenvalue weighted by Gasteiger charge is 2.47. The molecule has 0 aliphatic carbocycles. The van der Waals surface area contributed by atoms with Gasteiger partial charge in [-0.3, -0.25) is 4.79 Å². The molecule has 4 heterocycles. The van der Waals surface area contributed by atoms with Gasteiger partial charge in [-0.15, -0.1) is 0 Å². The summed E-state index contributed by atoms with van der Waals surface area (Å²) < 4.78 is 5.82. The molecule has 9 nitrogen and oxygen atoms in total. The van der Waals surface area contributed by atoms with Crippen LogP contribution >= 0.6 is 23.4 Å². The average Bonchev–Trinajstić information content (AvgIpc) is 3.16. The largest absolute Gasteiger partial charge is 0.505 e. The van der Waals surface area contributed by atoms with Crippen molar-refractivity contribution in [1.29, 1.82) is 0 Å². The molecular weight excluding hydrogens is 500 g/mol. The fourth-order valence-corrected chi connectivity index (χ4v) is 5.80. The molecular formula is C25H27ClN6O3S. The van der Waals surface area contributed by atoms with Crippen LogP contribution < -0.4 is 16.0 Å². The number of carbonyl (C=O) groups is 1. The van der Waals surface area contributed by atoms with Crippen molar-refractivity contribution < 1.29 is 14.6 Å². The van der Waals surface area contributed by atoms with Gasteiger partial charge in [-0.25, -0.2) is 15.0 Å². The van der Waals surface area contributed by atoms with Gasteiger partial charge < -0.3 is 25.8 Å². The molecule has 36 heavy (non-hydrogen) atoms. The normalized spacial score (nSPS) is 21.0. The molecule has 2 aromatic heterocycles. The molecule has 4 N–H and O–H groups in total. The summed E-state index contributed by atoms with van der Waals surface area (Å²) in [7, 11) is 0. The number of aromatic hydroxyl groups is 1. The van der Waals surface area contributed by atoms with E-state index in [1.807, 2.05) is 6.07 Å². The Bertz CT molecular complexity index is 1250. The molecule has 11 heteroatoms. The number of hydrogen-bond donors (Lipinski definition) is 3. The maximum atomic E-state index is 12.5. The van der Waals surface area contributed by atoms with Gasteiger partial charge in [0.05, 0.1) is 35.8 Å². The number of nitrogens with two attached hydrogens (primary N) is 1. The van der Waals surface area contributed by atoms with Gasteiger partial charge in [0.25, 0.3) is 5.91 Å². The summed E-state index contributed by atoms with van der Waals surface area (Å²) in [5.74, 6) is 0.0751. The van der Waals surface area contributed by atoms with E-state index >= 15 is 0 Å². The third kappa shape index (κ3) is 4.86. The first kappa shape index (κ1) is 24.8. The van der Waals surface area contributed by atoms with E-state index in [-0.39, 0.29) is 29.0 Å². The molecule has 0 radical (unpaired) electrons. The summed E-state index contributed by atoms with van der Waals surface area (Å²) in [6.07, 6.45) is 6.99. The van der Waals surface area contributed by atoms with Crippen LogP contribution in [0.4, 0.5) is 11.5 Å². The van der Waals surface area contributed by atoms with Crippen molar-refractivity contribution in [2.45, 2.75) is 41.8 Å². The standard InChI is InChI=1S/C25H27ClN6O3S/c1-15-23(27)25(14-35-15)7-10-32(11-8-25)19-12-30-20(13-29-19)36-18-6-2-4-16(21(18)26)31-24(34)22-17(33)5-3-9-28-22/h2-6,9,12-13,15,23,33H,7-8,10-11,14,27H2,1H3,(H,31,34)/t15-,23+/m0/s1. The van der Waals surface area contributed by atoms with Gasteiger partial charge in [0.1, 0.15) is 16.6 Å². The van der Waals surface area contributed by atoms with Crippen molar-refractivity contribution in [3.8, 4) is 5.75 Å². The number of hydrogen-bond acceptors (Lipinski definition) is 9. The molecule has 5 rings (SSSR count). The Kier molecular flexibility index (Phi) is 7.03. The fraction of sp³-hybridized carbons (Fsp3) is 0.360. The van der Waals surface area contributed by atoms with Crippen LogP contribution in [-0.2, 0) is 4.74 Å². The lowest BCUT2D eigenvalue weighted by atomic mass is 9.73. The summed E-state index contributed by atoms with van der Waals surface area (Å²) in [6.45, 7) is 4.51. The Labute approximate surface area is 218 Å². The molecule has 0 unspecified atom stereocenters. The van der Waals surface area contributed by atoms with Crippen LogP contribution in [0.3, 0.4) is 0 Å². The molecule has 0 bridgehead atoms. The van der Waals surface area contributed by atoms with Gasteiger partial charge in [-0.2, -0.15) is 0 Å². The van der Waals surface area contributed by atoms with Crippen molar-refractivity contribution in [2.24, 2.45) is 11.1 Å². The van der Waals surface area contributed by atoms with E-state index in [1.165, 1.54) is 24.0 Å². The number of amides is 1. The third-order valence-electron chi connectivity index (χ3n) is 6.97. The molecule has 2 atom stereocenters. The van der Waals surface area contributed by atoms with Crippen molar-refractivity contribution >= 4 is 40.8 Å². The van der Waals surface area contributed by atoms with E-state index in [4.69, 9.17) is 22.1 Å². The van der Waals surface area contributed by atoms with Crippen molar-refractivity contribution in [3.05, 3.63) is 59.6 Å². The molecule has 1 aromatic carbocycles. The second kappa shape index (κ2) is 10.2. The highest BCUT2D eigenvalue weighted by molar-refractivity contribution is 7.99. The Morgan fingerprint density at radius 1 is 1.22 bits per heavy atom. The Hall–Kier alpha value is -2.92. The smallest absolute Gasteiger partial charge is 0.278 e. The van der Waals surface area contributed by atoms with Crippen molar-refractivity contribution in [1.82, 2.24) is 15.0 Å². The quantitative estimate of drug-likeness (QED) is 0.452. The zero-order chi connectivity index (χ0) is 25.3. The number of aromatic nitrogens is 3. The number of benzene rings is 1. The van der Waals surface area contributed by atoms with E-state index in [0.717, 1.165) is 38.4 Å². The van der Waals surface area contributed by atoms with Crippen molar-refractivity contribution in [2.75, 3.05) is 29.9 Å². The minimum atomic E-state index is -0.552. The summed E-state index contributed by atoms with van der Waals surface area (Å²) >= 11 is 7.92. The van der Waals surface area contributed by atoms with E-state index in [9.17, 15) is 9.90 Å². The summed E-state index contributed by atoms with van der Waals surface area (Å²) in [4.78, 5) is 28.6. The minimum Gasteiger partial charge on any atom is -0.505 e. The average molecular weight is 527 g/mol. The van der Waals surface area contributed by atoms with E-state index < -0.39 is 5.91 Å². The molecule has 188 valence electrons. The monoisotopic (exact) mass is 526 g/mol. The van der Waals surface area contributed by atoms with Crippen LogP contribution in [0.15, 0.2) is 58.8 Å². The molecule has 1 spiro atoms. The van der Waals surface area contributed by atoms with E-state index in [0.29, 0.717) is 20.6 Å². The number of ether oxygens (including phenoxy) is 1. The number of carbonyl (C=O) groups excluding carboxylic acids is 1. The lowest BCUT2D eigenvalue weighted by Crippen LogP contribution is -2.50. The van der Waals surface area contributed by atoms with E-state index in [1.54, 1.807) is 30.6 Å². The third-order valence-corrected chi connectivity index (χ3v) is 8.47. The summed E-state index contributed by atoms with van der Waals surface area (Å²) in [5, 5.41) is 13.6. The van der Waals surface area contributed by atoms with Gasteiger partial charge in [0.15, 0.2) is 5.69 Å². The maximum Gasteiger partial charge on any atom is 0.278 e. The summed E-state index contributed by atoms with van der Waals surface area (Å²) in [6, 6.07) is 8.33. The number of nitrogens with one attached hydrogen (secondary N) is 1. The first-order valence-corrected chi connectivity index (χ1v) is 12.9. The van der Waals surface area contributed by atoms with Crippen LogP contribution in [0.1, 0.15) is 30.3 Å². The number of anilines is 2. The van der Waals surface area contributed by atoms with Crippen LogP contribution in [0.25, 0.3) is 0 Å². The van der Waals surface area contributed by atoms with Crippen LogP contribution in [0, 0.1) is 5.41 Å². The molecule has 3 aromatic rings. The predicted octanol–water partition coefficient (Wildman–Crippen LogP) is 3.97. The molecule has 0 saturated carbocycles. The first-order chi connectivity index (χ1) is 17.4. The van der Waals surface area contributed by atoms with Gasteiger partial charge in [0.2, 0.25) is 0 Å². The lowest BCUT2D eigenvalue weighted by Gasteiger charge is -2.41. The Morgan fingerprint density at radius 2 is 2.03 bits per heavy atom. The first-order valence-electron chi connectivity index (χ1n) is 11.7. The summed E-state index contributed by atoms with van der Waals surface area (Å²) in [5.41, 5.74) is 6.82. The fourth-order valence-electron chi connectivity index (χ4n) is 4.73. The predicted molar refractivity (Wildman–Crippen MR) is 139 cm³/mol. The zero-order valence-corrected chi connectivity index (χ0v) is 21.3. The number of rotatable bonds is 5. The second-order valence-electron chi connectivity index (χ2n) is 9.15. The van der Waals surface area contributed by atoms with Crippen molar-refractivity contribution in [3.63, 3.8) is 0 Å². The van der Waals surface area contributed by atoms with Gasteiger partial charge in [0, 0.05) is 35.6 Å². The minimum absolute atomic E-state index is 0.0612. The Morgan fingerprint density at radius 3 is 2.69 bits per heavy atom. The van der Waals surface area contributed by atoms with Crippen LogP contribution in [0.5, 0.6) is 5.75 Å². The highest BCUT2D eigenvalue weighted by atomic mass is 35.5. The van der Waals surface area contributed by atoms with Gasteiger partial charge in [-0.05, 0) is 44.0 Å². The van der Waals surface area contributed by atoms with Crippen LogP contribution in [-0.4, -0.2) is 57.8 Å².